The molecule has 0 aliphatic rings. The van der Waals surface area contributed by atoms with Gasteiger partial charge in [-0.2, -0.15) is 0 Å². The molecule has 1 unspecified atom stereocenters. The van der Waals surface area contributed by atoms with Crippen LogP contribution in [0.5, 0.6) is 0 Å². The first-order chi connectivity index (χ1) is 8.07. The van der Waals surface area contributed by atoms with Gasteiger partial charge in [0.25, 0.3) is 0 Å². The quantitative estimate of drug-likeness (QED) is 0.426. The van der Waals surface area contributed by atoms with E-state index in [0.29, 0.717) is 6.42 Å². The molecule has 1 amide bonds. The van der Waals surface area contributed by atoms with E-state index < -0.39 is 0 Å². The van der Waals surface area contributed by atoms with Gasteiger partial charge in [-0.15, -0.1) is 11.6 Å². The van der Waals surface area contributed by atoms with Gasteiger partial charge in [-0.25, -0.2) is 0 Å². The SMILES string of the molecule is CCCCCCCCC(=O)N(C)CCC(C)Cl. The van der Waals surface area contributed by atoms with Crippen LogP contribution in [-0.4, -0.2) is 29.8 Å². The number of hydrogen-bond donors (Lipinski definition) is 0. The minimum Gasteiger partial charge on any atom is -0.346 e. The van der Waals surface area contributed by atoms with Crippen molar-refractivity contribution in [1.82, 2.24) is 4.90 Å². The summed E-state index contributed by atoms with van der Waals surface area (Å²) in [7, 11) is 1.87. The molecule has 0 N–H and O–H groups in total. The van der Waals surface area contributed by atoms with Gasteiger partial charge in [0.05, 0.1) is 0 Å². The summed E-state index contributed by atoms with van der Waals surface area (Å²) in [6, 6.07) is 0. The lowest BCUT2D eigenvalue weighted by Crippen LogP contribution is -2.28. The standard InChI is InChI=1S/C14H28ClNO/c1-4-5-6-7-8-9-10-14(17)16(3)12-11-13(2)15/h13H,4-12H2,1-3H3. The lowest BCUT2D eigenvalue weighted by molar-refractivity contribution is -0.130. The Hall–Kier alpha value is -0.240. The molecule has 0 aromatic rings. The molecule has 0 aromatic carbocycles. The zero-order valence-electron chi connectivity index (χ0n) is 11.7. The smallest absolute Gasteiger partial charge is 0.222 e. The van der Waals surface area contributed by atoms with E-state index in [2.05, 4.69) is 6.92 Å². The molecule has 17 heavy (non-hydrogen) atoms. The zero-order chi connectivity index (χ0) is 13.1. The summed E-state index contributed by atoms with van der Waals surface area (Å²) >= 11 is 5.86. The zero-order valence-corrected chi connectivity index (χ0v) is 12.4. The van der Waals surface area contributed by atoms with Gasteiger partial charge in [0.15, 0.2) is 0 Å². The molecule has 0 spiro atoms. The lowest BCUT2D eigenvalue weighted by Gasteiger charge is -2.17. The maximum atomic E-state index is 11.7. The van der Waals surface area contributed by atoms with Crippen LogP contribution < -0.4 is 0 Å². The third-order valence-electron chi connectivity index (χ3n) is 3.03. The summed E-state index contributed by atoms with van der Waals surface area (Å²) in [5.74, 6) is 0.262. The maximum absolute atomic E-state index is 11.7. The predicted molar refractivity (Wildman–Crippen MR) is 75.6 cm³/mol. The summed E-state index contributed by atoms with van der Waals surface area (Å²) < 4.78 is 0. The maximum Gasteiger partial charge on any atom is 0.222 e. The predicted octanol–water partition coefficient (Wildman–Crippen LogP) is 4.21. The fourth-order valence-corrected chi connectivity index (χ4v) is 1.84. The Kier molecular flexibility index (Phi) is 10.7. The van der Waals surface area contributed by atoms with Crippen molar-refractivity contribution in [2.45, 2.75) is 70.6 Å². The topological polar surface area (TPSA) is 20.3 Å². The molecule has 0 fully saturated rings. The summed E-state index contributed by atoms with van der Waals surface area (Å²) in [5.41, 5.74) is 0. The summed E-state index contributed by atoms with van der Waals surface area (Å²) in [5, 5.41) is 0.152. The molecular weight excluding hydrogens is 234 g/mol. The highest BCUT2D eigenvalue weighted by Gasteiger charge is 2.08. The Labute approximate surface area is 112 Å². The Morgan fingerprint density at radius 2 is 1.76 bits per heavy atom. The number of carbonyl (C=O) groups is 1. The molecule has 2 nitrogen and oxygen atoms in total. The third-order valence-corrected chi connectivity index (χ3v) is 3.25. The summed E-state index contributed by atoms with van der Waals surface area (Å²) in [4.78, 5) is 13.5. The van der Waals surface area contributed by atoms with E-state index in [4.69, 9.17) is 11.6 Å². The highest BCUT2D eigenvalue weighted by Crippen LogP contribution is 2.08. The van der Waals surface area contributed by atoms with Crippen molar-refractivity contribution >= 4 is 17.5 Å². The molecule has 102 valence electrons. The monoisotopic (exact) mass is 261 g/mol. The van der Waals surface area contributed by atoms with Crippen molar-refractivity contribution in [3.8, 4) is 0 Å². The van der Waals surface area contributed by atoms with Gasteiger partial charge in [-0.3, -0.25) is 4.79 Å². The van der Waals surface area contributed by atoms with Crippen molar-refractivity contribution in [3.05, 3.63) is 0 Å². The van der Waals surface area contributed by atoms with E-state index >= 15 is 0 Å². The second-order valence-electron chi connectivity index (χ2n) is 4.90. The number of rotatable bonds is 10. The van der Waals surface area contributed by atoms with Crippen molar-refractivity contribution in [2.75, 3.05) is 13.6 Å². The van der Waals surface area contributed by atoms with Crippen molar-refractivity contribution in [3.63, 3.8) is 0 Å². The molecule has 0 aliphatic heterocycles. The van der Waals surface area contributed by atoms with Crippen LogP contribution in [0.1, 0.15) is 65.2 Å². The molecular formula is C14H28ClNO. The Bertz CT molecular complexity index is 195. The molecule has 0 saturated heterocycles. The second-order valence-corrected chi connectivity index (χ2v) is 5.65. The number of unbranched alkanes of at least 4 members (excludes halogenated alkanes) is 5. The number of hydrogen-bond acceptors (Lipinski definition) is 1. The second kappa shape index (κ2) is 10.9. The van der Waals surface area contributed by atoms with Crippen LogP contribution in [0.3, 0.4) is 0 Å². The van der Waals surface area contributed by atoms with Crippen LogP contribution >= 0.6 is 11.6 Å². The Morgan fingerprint density at radius 3 is 2.35 bits per heavy atom. The summed E-state index contributed by atoms with van der Waals surface area (Å²) in [6.45, 7) is 4.96. The lowest BCUT2D eigenvalue weighted by atomic mass is 10.1. The first-order valence-electron chi connectivity index (χ1n) is 6.96. The number of amides is 1. The number of nitrogens with zero attached hydrogens (tertiary/aromatic N) is 1. The number of alkyl halides is 1. The van der Waals surface area contributed by atoms with Gasteiger partial charge in [0, 0.05) is 25.4 Å². The molecule has 0 aromatic heterocycles. The van der Waals surface area contributed by atoms with Crippen molar-refractivity contribution in [2.24, 2.45) is 0 Å². The first-order valence-corrected chi connectivity index (χ1v) is 7.39. The van der Waals surface area contributed by atoms with E-state index in [0.717, 1.165) is 19.4 Å². The van der Waals surface area contributed by atoms with E-state index in [9.17, 15) is 4.79 Å². The Morgan fingerprint density at radius 1 is 1.18 bits per heavy atom. The van der Waals surface area contributed by atoms with Crippen LogP contribution in [0.15, 0.2) is 0 Å². The molecule has 0 bridgehead atoms. The van der Waals surface area contributed by atoms with Crippen LogP contribution in [0.25, 0.3) is 0 Å². The van der Waals surface area contributed by atoms with Crippen LogP contribution in [-0.2, 0) is 4.79 Å². The third kappa shape index (κ3) is 10.6. The number of halogens is 1. The average Bonchev–Trinajstić information content (AvgIpc) is 2.30. The van der Waals surface area contributed by atoms with E-state index in [1.54, 1.807) is 0 Å². The first kappa shape index (κ1) is 16.8. The molecule has 0 rings (SSSR count). The average molecular weight is 262 g/mol. The normalized spacial score (nSPS) is 12.5. The van der Waals surface area contributed by atoms with E-state index in [1.165, 1.54) is 32.1 Å². The van der Waals surface area contributed by atoms with Crippen LogP contribution in [0.2, 0.25) is 0 Å². The molecule has 0 radical (unpaired) electrons. The van der Waals surface area contributed by atoms with Crippen molar-refractivity contribution < 1.29 is 4.79 Å². The molecule has 0 heterocycles. The molecule has 3 heteroatoms. The van der Waals surface area contributed by atoms with E-state index in [-0.39, 0.29) is 11.3 Å². The van der Waals surface area contributed by atoms with Gasteiger partial charge in [-0.05, 0) is 19.8 Å². The van der Waals surface area contributed by atoms with Gasteiger partial charge >= 0.3 is 0 Å². The van der Waals surface area contributed by atoms with Crippen LogP contribution in [0, 0.1) is 0 Å². The van der Waals surface area contributed by atoms with Crippen molar-refractivity contribution in [1.29, 1.82) is 0 Å². The molecule has 1 atom stereocenters. The van der Waals surface area contributed by atoms with E-state index in [1.807, 2.05) is 18.9 Å². The number of carbonyl (C=O) groups excluding carboxylic acids is 1. The minimum atomic E-state index is 0.152. The minimum absolute atomic E-state index is 0.152. The fraction of sp³-hybridized carbons (Fsp3) is 0.929. The van der Waals surface area contributed by atoms with Gasteiger partial charge in [0.2, 0.25) is 5.91 Å². The summed E-state index contributed by atoms with van der Waals surface area (Å²) in [6.07, 6.45) is 8.96. The highest BCUT2D eigenvalue weighted by atomic mass is 35.5. The largest absolute Gasteiger partial charge is 0.346 e. The molecule has 0 saturated carbocycles. The van der Waals surface area contributed by atoms with Crippen LogP contribution in [0.4, 0.5) is 0 Å². The Balaban J connectivity index is 3.44. The molecule has 0 aliphatic carbocycles. The van der Waals surface area contributed by atoms with Gasteiger partial charge in [-0.1, -0.05) is 39.0 Å². The highest BCUT2D eigenvalue weighted by molar-refractivity contribution is 6.20. The van der Waals surface area contributed by atoms with Gasteiger partial charge < -0.3 is 4.90 Å². The van der Waals surface area contributed by atoms with Gasteiger partial charge in [0.1, 0.15) is 0 Å². The fourth-order valence-electron chi connectivity index (χ4n) is 1.74.